The van der Waals surface area contributed by atoms with Crippen molar-refractivity contribution in [3.05, 3.63) is 35.0 Å². The molecule has 1 unspecified atom stereocenters. The topological polar surface area (TPSA) is 154 Å². The van der Waals surface area contributed by atoms with Crippen molar-refractivity contribution in [2.24, 2.45) is 28.6 Å². The monoisotopic (exact) mass is 643 g/mol. The number of nitrogens with one attached hydrogen (secondary N) is 4. The molecule has 3 rings (SSSR count). The summed E-state index contributed by atoms with van der Waals surface area (Å²) in [6.07, 6.45) is 2.27. The molecular formula is C33H49N5O6S. The first-order valence-corrected chi connectivity index (χ1v) is 16.5. The average Bonchev–Trinajstić information content (AvgIpc) is 3.42. The maximum atomic E-state index is 14.2. The predicted molar refractivity (Wildman–Crippen MR) is 174 cm³/mol. The van der Waals surface area contributed by atoms with E-state index in [1.807, 2.05) is 55.4 Å². The number of fused-ring (bicyclic) bond motifs is 1. The van der Waals surface area contributed by atoms with Crippen molar-refractivity contribution in [3.8, 4) is 0 Å². The van der Waals surface area contributed by atoms with Crippen molar-refractivity contribution in [2.45, 2.75) is 92.4 Å². The number of likely N-dealkylation sites (tertiary alicyclic amines) is 1. The number of piperidine rings is 1. The van der Waals surface area contributed by atoms with E-state index in [0.29, 0.717) is 17.8 Å². The number of nitrogens with zero attached hydrogens (tertiary/aromatic N) is 1. The van der Waals surface area contributed by atoms with Crippen LogP contribution in [0.3, 0.4) is 0 Å². The number of Topliss-reactive ketones (excluding diaryl/α,β-unsaturated/α-hetero) is 2. The summed E-state index contributed by atoms with van der Waals surface area (Å²) in [5.74, 6) is -2.96. The number of hydrogen-bond donors (Lipinski definition) is 4. The smallest absolute Gasteiger partial charge is 0.316 e. The quantitative estimate of drug-likeness (QED) is 0.139. The number of urea groups is 1. The Morgan fingerprint density at radius 1 is 1.11 bits per heavy atom. The van der Waals surface area contributed by atoms with Gasteiger partial charge in [0.15, 0.2) is 5.78 Å². The molecule has 1 aliphatic carbocycles. The van der Waals surface area contributed by atoms with E-state index in [9.17, 15) is 28.8 Å². The lowest BCUT2D eigenvalue weighted by atomic mass is 9.85. The summed E-state index contributed by atoms with van der Waals surface area (Å²) in [4.78, 5) is 81.9. The Morgan fingerprint density at radius 2 is 1.78 bits per heavy atom. The Bertz CT molecular complexity index is 1300. The molecule has 2 fully saturated rings. The third-order valence-electron chi connectivity index (χ3n) is 8.99. The number of carbonyl (C=O) groups is 6. The molecule has 0 aromatic carbocycles. The molecule has 0 spiro atoms. The van der Waals surface area contributed by atoms with Gasteiger partial charge in [0.2, 0.25) is 17.6 Å². The first-order chi connectivity index (χ1) is 21.0. The lowest BCUT2D eigenvalue weighted by molar-refractivity contribution is -0.145. The van der Waals surface area contributed by atoms with E-state index in [4.69, 9.17) is 0 Å². The summed E-state index contributed by atoms with van der Waals surface area (Å²) >= 11 is 1.30. The van der Waals surface area contributed by atoms with Gasteiger partial charge in [0.1, 0.15) is 12.1 Å². The highest BCUT2D eigenvalue weighted by atomic mass is 32.1. The number of ketones is 2. The van der Waals surface area contributed by atoms with Crippen LogP contribution in [0.1, 0.15) is 77.9 Å². The van der Waals surface area contributed by atoms with Gasteiger partial charge in [-0.2, -0.15) is 0 Å². The van der Waals surface area contributed by atoms with E-state index in [-0.39, 0.29) is 41.9 Å². The molecule has 12 heteroatoms. The van der Waals surface area contributed by atoms with Crippen molar-refractivity contribution in [2.75, 3.05) is 13.1 Å². The third kappa shape index (κ3) is 8.01. The van der Waals surface area contributed by atoms with E-state index in [1.165, 1.54) is 22.3 Å². The van der Waals surface area contributed by atoms with Gasteiger partial charge in [-0.05, 0) is 46.5 Å². The molecular weight excluding hydrogens is 594 g/mol. The van der Waals surface area contributed by atoms with Crippen LogP contribution in [0.5, 0.6) is 0 Å². The first-order valence-electron chi connectivity index (χ1n) is 15.7. The molecule has 0 bridgehead atoms. The highest BCUT2D eigenvalue weighted by Gasteiger charge is 2.70. The highest BCUT2D eigenvalue weighted by molar-refractivity contribution is 7.12. The van der Waals surface area contributed by atoms with Crippen molar-refractivity contribution in [1.82, 2.24) is 26.2 Å². The van der Waals surface area contributed by atoms with E-state index < -0.39 is 59.1 Å². The van der Waals surface area contributed by atoms with E-state index in [2.05, 4.69) is 27.8 Å². The van der Waals surface area contributed by atoms with Crippen molar-refractivity contribution in [1.29, 1.82) is 0 Å². The number of thiophene rings is 1. The maximum Gasteiger partial charge on any atom is 0.316 e. The molecule has 2 heterocycles. The molecule has 1 saturated carbocycles. The minimum Gasteiger partial charge on any atom is -0.346 e. The largest absolute Gasteiger partial charge is 0.346 e. The number of carbonyl (C=O) groups excluding carboxylic acids is 6. The fourth-order valence-corrected chi connectivity index (χ4v) is 6.98. The van der Waals surface area contributed by atoms with Crippen LogP contribution in [-0.2, 0) is 19.2 Å². The molecule has 1 aliphatic heterocycles. The van der Waals surface area contributed by atoms with Crippen LogP contribution in [-0.4, -0.2) is 77.5 Å². The van der Waals surface area contributed by atoms with Crippen molar-refractivity contribution in [3.63, 3.8) is 0 Å². The van der Waals surface area contributed by atoms with Gasteiger partial charge in [-0.15, -0.1) is 17.9 Å². The van der Waals surface area contributed by atoms with E-state index >= 15 is 0 Å². The van der Waals surface area contributed by atoms with Crippen molar-refractivity contribution < 1.29 is 28.8 Å². The Labute approximate surface area is 270 Å². The fourth-order valence-electron chi connectivity index (χ4n) is 6.27. The Balaban J connectivity index is 1.82. The van der Waals surface area contributed by atoms with Crippen LogP contribution >= 0.6 is 11.3 Å². The molecule has 45 heavy (non-hydrogen) atoms. The molecule has 2 aliphatic rings. The average molecular weight is 644 g/mol. The molecule has 1 saturated heterocycles. The molecule has 5 amide bonds. The lowest BCUT2D eigenvalue weighted by Gasteiger charge is -2.38. The summed E-state index contributed by atoms with van der Waals surface area (Å²) in [6, 6.07) is -0.903. The second-order valence-electron chi connectivity index (χ2n) is 14.1. The summed E-state index contributed by atoms with van der Waals surface area (Å²) in [6.45, 7) is 19.1. The second-order valence-corrected chi connectivity index (χ2v) is 15.0. The van der Waals surface area contributed by atoms with Gasteiger partial charge in [0.05, 0.1) is 17.0 Å². The number of amides is 5. The van der Waals surface area contributed by atoms with Crippen LogP contribution < -0.4 is 21.3 Å². The fraction of sp³-hybridized carbons (Fsp3) is 0.636. The summed E-state index contributed by atoms with van der Waals surface area (Å²) in [7, 11) is 0. The maximum absolute atomic E-state index is 14.2. The van der Waals surface area contributed by atoms with Gasteiger partial charge in [-0.25, -0.2) is 4.79 Å². The molecule has 248 valence electrons. The van der Waals surface area contributed by atoms with Gasteiger partial charge in [-0.3, -0.25) is 24.0 Å². The molecule has 1 aromatic heterocycles. The van der Waals surface area contributed by atoms with Gasteiger partial charge >= 0.3 is 6.03 Å². The van der Waals surface area contributed by atoms with Gasteiger partial charge < -0.3 is 26.2 Å². The molecule has 6 atom stereocenters. The van der Waals surface area contributed by atoms with E-state index in [1.54, 1.807) is 17.5 Å². The SMILES string of the molecule is C=CCNC(=O)C(=O)C(CCC)NC(=O)[C@@H]1[C@@H]2[C@H](CN1C(=O)[C@@H](NC(=O)N[C@H](C(=O)c1cccs1)C(C)C)C(C)(C)C)C2(C)C. The zero-order chi connectivity index (χ0) is 33.9. The molecule has 4 N–H and O–H groups in total. The van der Waals surface area contributed by atoms with Gasteiger partial charge in [-0.1, -0.05) is 74.0 Å². The summed E-state index contributed by atoms with van der Waals surface area (Å²) < 4.78 is 0. The Morgan fingerprint density at radius 3 is 2.31 bits per heavy atom. The second kappa shape index (κ2) is 14.3. The number of hydrogen-bond acceptors (Lipinski definition) is 7. The molecule has 1 aromatic rings. The number of rotatable bonds is 14. The molecule has 0 radical (unpaired) electrons. The lowest BCUT2D eigenvalue weighted by Crippen LogP contribution is -2.62. The Kier molecular flexibility index (Phi) is 11.4. The van der Waals surface area contributed by atoms with Crippen LogP contribution in [0.15, 0.2) is 30.2 Å². The normalized spacial score (nSPS) is 22.0. The summed E-state index contributed by atoms with van der Waals surface area (Å²) in [5.41, 5.74) is -0.939. The van der Waals surface area contributed by atoms with Crippen LogP contribution in [0.4, 0.5) is 4.79 Å². The highest BCUT2D eigenvalue weighted by Crippen LogP contribution is 2.65. The first kappa shape index (κ1) is 35.9. The van der Waals surface area contributed by atoms with E-state index in [0.717, 1.165) is 0 Å². The standard InChI is InChI=1S/C33H49N5O6S/c1-10-13-20(25(39)29(42)34-15-11-2)35-28(41)24-22-19(33(22,8)9)17-38(24)30(43)27(32(5,6)7)37-31(44)36-23(18(3)4)26(40)21-14-12-16-45-21/h11-12,14,16,18-20,22-24,27H,2,10,13,15,17H2,1,3-9H3,(H,34,42)(H,35,41)(H2,36,37,44)/t19-,20?,22-,23-,24-,27+/m0/s1. The van der Waals surface area contributed by atoms with Gasteiger partial charge in [0, 0.05) is 13.1 Å². The molecule has 11 nitrogen and oxygen atoms in total. The van der Waals surface area contributed by atoms with Gasteiger partial charge in [0.25, 0.3) is 5.91 Å². The third-order valence-corrected chi connectivity index (χ3v) is 9.87. The predicted octanol–water partition coefficient (Wildman–Crippen LogP) is 3.31. The van der Waals surface area contributed by atoms with Crippen molar-refractivity contribution >= 4 is 46.7 Å². The van der Waals surface area contributed by atoms with Crippen LogP contribution in [0, 0.1) is 28.6 Å². The van der Waals surface area contributed by atoms with Crippen LogP contribution in [0.25, 0.3) is 0 Å². The zero-order valence-electron chi connectivity index (χ0n) is 27.7. The summed E-state index contributed by atoms with van der Waals surface area (Å²) in [5, 5.41) is 12.6. The van der Waals surface area contributed by atoms with Crippen LogP contribution in [0.2, 0.25) is 0 Å². The minimum atomic E-state index is -1.04. The zero-order valence-corrected chi connectivity index (χ0v) is 28.5. The minimum absolute atomic E-state index is 0.0663. The Hall–Kier alpha value is -3.54.